The molecule has 2 rings (SSSR count). The predicted molar refractivity (Wildman–Crippen MR) is 82.2 cm³/mol. The maximum absolute atomic E-state index is 12.8. The van der Waals surface area contributed by atoms with Crippen molar-refractivity contribution >= 4 is 21.7 Å². The average Bonchev–Trinajstić information content (AvgIpc) is 2.88. The summed E-state index contributed by atoms with van der Waals surface area (Å²) in [6, 6.07) is 6.54. The lowest BCUT2D eigenvalue weighted by Gasteiger charge is -2.19. The van der Waals surface area contributed by atoms with Crippen LogP contribution in [0, 0.1) is 12.7 Å². The fourth-order valence-electron chi connectivity index (χ4n) is 1.90. The minimum absolute atomic E-state index is 0.00224. The Hall–Kier alpha value is -2.42. The number of rotatable bonds is 6. The lowest BCUT2D eigenvalue weighted by atomic mass is 10.2. The Balaban J connectivity index is 1.99. The van der Waals surface area contributed by atoms with E-state index < -0.39 is 21.7 Å². The van der Waals surface area contributed by atoms with Crippen molar-refractivity contribution in [3.05, 3.63) is 47.5 Å². The van der Waals surface area contributed by atoms with Gasteiger partial charge in [-0.2, -0.15) is 0 Å². The summed E-state index contributed by atoms with van der Waals surface area (Å²) >= 11 is 0. The van der Waals surface area contributed by atoms with Gasteiger partial charge in [-0.15, -0.1) is 0 Å². The van der Waals surface area contributed by atoms with Gasteiger partial charge < -0.3 is 9.84 Å². The summed E-state index contributed by atoms with van der Waals surface area (Å²) in [5, 5.41) is 6.24. The molecule has 1 aromatic heterocycles. The molecule has 0 aliphatic heterocycles. The van der Waals surface area contributed by atoms with Gasteiger partial charge in [0.05, 0.1) is 12.8 Å². The lowest BCUT2D eigenvalue weighted by Crippen LogP contribution is -2.38. The van der Waals surface area contributed by atoms with E-state index in [1.54, 1.807) is 6.92 Å². The van der Waals surface area contributed by atoms with Gasteiger partial charge in [-0.05, 0) is 31.2 Å². The first-order valence-electron chi connectivity index (χ1n) is 6.72. The maximum atomic E-state index is 12.8. The first kappa shape index (κ1) is 16.9. The number of carbonyl (C=O) groups excluding carboxylic acids is 1. The van der Waals surface area contributed by atoms with Crippen LogP contribution in [0.1, 0.15) is 16.1 Å². The van der Waals surface area contributed by atoms with E-state index in [9.17, 15) is 17.6 Å². The van der Waals surface area contributed by atoms with Gasteiger partial charge in [-0.1, -0.05) is 5.16 Å². The van der Waals surface area contributed by atoms with E-state index >= 15 is 0 Å². The Kier molecular flexibility index (Phi) is 4.99. The van der Waals surface area contributed by atoms with Crippen LogP contribution >= 0.6 is 0 Å². The SMILES string of the molecule is Cc1cc(N(CCNC(=O)c2ccc(F)cc2)S(C)(=O)=O)no1. The summed E-state index contributed by atoms with van der Waals surface area (Å²) in [5.41, 5.74) is 0.287. The third-order valence-corrected chi connectivity index (χ3v) is 4.15. The van der Waals surface area contributed by atoms with Crippen molar-refractivity contribution in [1.29, 1.82) is 0 Å². The molecule has 0 saturated carbocycles. The molecule has 0 aliphatic rings. The van der Waals surface area contributed by atoms with Crippen LogP contribution < -0.4 is 9.62 Å². The summed E-state index contributed by atoms with van der Waals surface area (Å²) in [6.45, 7) is 1.71. The van der Waals surface area contributed by atoms with Crippen molar-refractivity contribution in [1.82, 2.24) is 10.5 Å². The smallest absolute Gasteiger partial charge is 0.251 e. The van der Waals surface area contributed by atoms with Gasteiger partial charge in [-0.3, -0.25) is 4.79 Å². The Bertz CT molecular complexity index is 787. The van der Waals surface area contributed by atoms with Crippen molar-refractivity contribution < 1.29 is 22.1 Å². The summed E-state index contributed by atoms with van der Waals surface area (Å²) in [4.78, 5) is 11.9. The molecule has 9 heteroatoms. The fourth-order valence-corrected chi connectivity index (χ4v) is 2.74. The minimum atomic E-state index is -3.56. The van der Waals surface area contributed by atoms with E-state index in [-0.39, 0.29) is 24.5 Å². The molecule has 1 heterocycles. The highest BCUT2D eigenvalue weighted by Gasteiger charge is 2.20. The highest BCUT2D eigenvalue weighted by molar-refractivity contribution is 7.92. The van der Waals surface area contributed by atoms with Crippen molar-refractivity contribution in [2.45, 2.75) is 6.92 Å². The summed E-state index contributed by atoms with van der Waals surface area (Å²) in [7, 11) is -3.56. The van der Waals surface area contributed by atoms with Crippen LogP contribution in [0.25, 0.3) is 0 Å². The monoisotopic (exact) mass is 341 g/mol. The number of halogens is 1. The molecule has 0 saturated heterocycles. The zero-order chi connectivity index (χ0) is 17.0. The van der Waals surface area contributed by atoms with E-state index in [4.69, 9.17) is 4.52 Å². The van der Waals surface area contributed by atoms with Crippen molar-refractivity contribution in [2.75, 3.05) is 23.7 Å². The van der Waals surface area contributed by atoms with Crippen LogP contribution in [0.15, 0.2) is 34.9 Å². The molecule has 1 aromatic carbocycles. The highest BCUT2D eigenvalue weighted by Crippen LogP contribution is 2.16. The Morgan fingerprint density at radius 2 is 2.00 bits per heavy atom. The molecule has 0 unspecified atom stereocenters. The molecular weight excluding hydrogens is 325 g/mol. The standard InChI is InChI=1S/C14H16FN3O4S/c1-10-9-13(17-22-10)18(23(2,20)21)8-7-16-14(19)11-3-5-12(15)6-4-11/h3-6,9H,7-8H2,1-2H3,(H,16,19). The third-order valence-electron chi connectivity index (χ3n) is 2.98. The van der Waals surface area contributed by atoms with E-state index in [0.29, 0.717) is 5.76 Å². The third kappa shape index (κ3) is 4.52. The molecule has 0 bridgehead atoms. The van der Waals surface area contributed by atoms with Gasteiger partial charge in [0.15, 0.2) is 5.82 Å². The number of aryl methyl sites for hydroxylation is 1. The van der Waals surface area contributed by atoms with E-state index in [2.05, 4.69) is 10.5 Å². The van der Waals surface area contributed by atoms with Crippen LogP contribution in [0.4, 0.5) is 10.2 Å². The van der Waals surface area contributed by atoms with Crippen molar-refractivity contribution in [2.24, 2.45) is 0 Å². The second-order valence-corrected chi connectivity index (χ2v) is 6.80. The topological polar surface area (TPSA) is 92.5 Å². The maximum Gasteiger partial charge on any atom is 0.251 e. The molecule has 0 radical (unpaired) electrons. The van der Waals surface area contributed by atoms with Gasteiger partial charge in [0.25, 0.3) is 5.91 Å². The normalized spacial score (nSPS) is 11.3. The number of carbonyl (C=O) groups is 1. The van der Waals surface area contributed by atoms with Crippen molar-refractivity contribution in [3.63, 3.8) is 0 Å². The summed E-state index contributed by atoms with van der Waals surface area (Å²) in [6.07, 6.45) is 1.04. The summed E-state index contributed by atoms with van der Waals surface area (Å²) < 4.78 is 42.3. The molecular formula is C14H16FN3O4S. The minimum Gasteiger partial charge on any atom is -0.360 e. The van der Waals surface area contributed by atoms with Crippen molar-refractivity contribution in [3.8, 4) is 0 Å². The van der Waals surface area contributed by atoms with Crippen LogP contribution in [0.2, 0.25) is 0 Å². The average molecular weight is 341 g/mol. The molecule has 7 nitrogen and oxygen atoms in total. The second kappa shape index (κ2) is 6.78. The van der Waals surface area contributed by atoms with Gasteiger partial charge >= 0.3 is 0 Å². The number of sulfonamides is 1. The predicted octanol–water partition coefficient (Wildman–Crippen LogP) is 1.32. The quantitative estimate of drug-likeness (QED) is 0.855. The Morgan fingerprint density at radius 3 is 2.52 bits per heavy atom. The highest BCUT2D eigenvalue weighted by atomic mass is 32.2. The van der Waals surface area contributed by atoms with Crippen LogP contribution in [-0.2, 0) is 10.0 Å². The molecule has 124 valence electrons. The number of hydrogen-bond acceptors (Lipinski definition) is 5. The molecule has 0 atom stereocenters. The molecule has 23 heavy (non-hydrogen) atoms. The number of hydrogen-bond donors (Lipinski definition) is 1. The van der Waals surface area contributed by atoms with E-state index in [1.807, 2.05) is 0 Å². The van der Waals surface area contributed by atoms with Crippen LogP contribution in [0.3, 0.4) is 0 Å². The Labute approximate surface area is 133 Å². The first-order chi connectivity index (χ1) is 10.8. The number of benzene rings is 1. The zero-order valence-corrected chi connectivity index (χ0v) is 13.4. The van der Waals surface area contributed by atoms with Gasteiger partial charge in [0.2, 0.25) is 10.0 Å². The van der Waals surface area contributed by atoms with Gasteiger partial charge in [0, 0.05) is 18.2 Å². The molecule has 1 N–H and O–H groups in total. The number of nitrogens with one attached hydrogen (secondary N) is 1. The van der Waals surface area contributed by atoms with Crippen LogP contribution in [0.5, 0.6) is 0 Å². The van der Waals surface area contributed by atoms with E-state index in [0.717, 1.165) is 10.6 Å². The lowest BCUT2D eigenvalue weighted by molar-refractivity contribution is 0.0955. The number of nitrogens with zero attached hydrogens (tertiary/aromatic N) is 2. The van der Waals surface area contributed by atoms with Gasteiger partial charge in [0.1, 0.15) is 11.6 Å². The molecule has 2 aromatic rings. The largest absolute Gasteiger partial charge is 0.360 e. The molecule has 0 fully saturated rings. The molecule has 0 spiro atoms. The molecule has 0 aliphatic carbocycles. The fraction of sp³-hybridized carbons (Fsp3) is 0.286. The number of amides is 1. The zero-order valence-electron chi connectivity index (χ0n) is 12.6. The molecule has 1 amide bonds. The first-order valence-corrected chi connectivity index (χ1v) is 8.57. The number of aromatic nitrogens is 1. The Morgan fingerprint density at radius 1 is 1.35 bits per heavy atom. The summed E-state index contributed by atoms with van der Waals surface area (Å²) in [5.74, 6) is -0.231. The number of anilines is 1. The van der Waals surface area contributed by atoms with E-state index in [1.165, 1.54) is 30.3 Å². The van der Waals surface area contributed by atoms with Gasteiger partial charge in [-0.25, -0.2) is 17.1 Å². The second-order valence-electron chi connectivity index (χ2n) is 4.89. The van der Waals surface area contributed by atoms with Crippen LogP contribution in [-0.4, -0.2) is 38.8 Å².